The van der Waals surface area contributed by atoms with Gasteiger partial charge in [-0.25, -0.2) is 4.98 Å². The summed E-state index contributed by atoms with van der Waals surface area (Å²) in [6.45, 7) is 0.398. The fraction of sp³-hybridized carbons (Fsp3) is 0.375. The summed E-state index contributed by atoms with van der Waals surface area (Å²) in [5.74, 6) is 0.569. The highest BCUT2D eigenvalue weighted by atomic mass is 35.5. The second kappa shape index (κ2) is 5.35. The summed E-state index contributed by atoms with van der Waals surface area (Å²) in [6, 6.07) is 0. The van der Waals surface area contributed by atoms with Crippen LogP contribution in [0, 0.1) is 0 Å². The number of nitrogens with one attached hydrogen (secondary N) is 2. The van der Waals surface area contributed by atoms with E-state index in [9.17, 15) is 4.79 Å². The molecule has 7 heteroatoms. The molecule has 0 radical (unpaired) electrons. The average molecular weight is 230 g/mol. The molecule has 15 heavy (non-hydrogen) atoms. The number of nitrogens with two attached hydrogens (primary N) is 1. The number of nitrogens with zero attached hydrogens (tertiary/aromatic N) is 2. The lowest BCUT2D eigenvalue weighted by Crippen LogP contribution is -2.16. The molecule has 0 bridgehead atoms. The highest BCUT2D eigenvalue weighted by Gasteiger charge is 2.04. The van der Waals surface area contributed by atoms with E-state index in [1.54, 1.807) is 7.05 Å². The van der Waals surface area contributed by atoms with Crippen LogP contribution in [0.1, 0.15) is 6.42 Å². The van der Waals surface area contributed by atoms with Crippen molar-refractivity contribution in [3.05, 3.63) is 11.2 Å². The first-order chi connectivity index (χ1) is 7.13. The maximum atomic E-state index is 10.5. The Hall–Kier alpha value is -1.56. The zero-order valence-corrected chi connectivity index (χ0v) is 9.01. The van der Waals surface area contributed by atoms with Crippen molar-refractivity contribution in [1.82, 2.24) is 9.97 Å². The topological polar surface area (TPSA) is 92.9 Å². The zero-order chi connectivity index (χ0) is 11.3. The third-order valence-corrected chi connectivity index (χ3v) is 1.91. The normalized spacial score (nSPS) is 9.73. The van der Waals surface area contributed by atoms with Crippen LogP contribution in [0.5, 0.6) is 0 Å². The van der Waals surface area contributed by atoms with Crippen LogP contribution in [-0.4, -0.2) is 29.5 Å². The molecule has 82 valence electrons. The number of anilines is 2. The summed E-state index contributed by atoms with van der Waals surface area (Å²) in [7, 11) is 1.70. The van der Waals surface area contributed by atoms with E-state index in [1.165, 1.54) is 6.20 Å². The molecule has 0 unspecified atom stereocenters. The first-order valence-corrected chi connectivity index (χ1v) is 4.73. The molecule has 0 aliphatic heterocycles. The molecule has 1 amide bonds. The molecule has 0 saturated heterocycles. The van der Waals surface area contributed by atoms with E-state index in [1.807, 2.05) is 0 Å². The summed E-state index contributed by atoms with van der Waals surface area (Å²) in [5.41, 5.74) is 4.99. The van der Waals surface area contributed by atoms with E-state index in [2.05, 4.69) is 20.6 Å². The minimum Gasteiger partial charge on any atom is -0.370 e. The van der Waals surface area contributed by atoms with Gasteiger partial charge in [0.1, 0.15) is 10.8 Å². The van der Waals surface area contributed by atoms with Crippen molar-refractivity contribution in [2.75, 3.05) is 24.2 Å². The smallest absolute Gasteiger partial charge is 0.224 e. The van der Waals surface area contributed by atoms with Crippen LogP contribution < -0.4 is 16.4 Å². The Bertz CT molecular complexity index is 357. The zero-order valence-electron chi connectivity index (χ0n) is 8.25. The minimum atomic E-state index is -0.374. The van der Waals surface area contributed by atoms with Gasteiger partial charge in [-0.3, -0.25) is 4.79 Å². The number of rotatable bonds is 5. The predicted molar refractivity (Wildman–Crippen MR) is 58.9 cm³/mol. The molecule has 0 spiro atoms. The first-order valence-electron chi connectivity index (χ1n) is 4.36. The molecule has 4 N–H and O–H groups in total. The number of hydrogen-bond acceptors (Lipinski definition) is 5. The maximum absolute atomic E-state index is 10.5. The lowest BCUT2D eigenvalue weighted by molar-refractivity contribution is -0.117. The van der Waals surface area contributed by atoms with Gasteiger partial charge in [-0.15, -0.1) is 0 Å². The highest BCUT2D eigenvalue weighted by Crippen LogP contribution is 2.18. The average Bonchev–Trinajstić information content (AvgIpc) is 2.20. The number of carbonyl (C=O) groups is 1. The highest BCUT2D eigenvalue weighted by molar-refractivity contribution is 6.32. The quantitative estimate of drug-likeness (QED) is 0.682. The molecule has 1 heterocycles. The van der Waals surface area contributed by atoms with Crippen LogP contribution in [0.3, 0.4) is 0 Å². The Balaban J connectivity index is 2.62. The summed E-state index contributed by atoms with van der Waals surface area (Å²) >= 11 is 5.84. The lowest BCUT2D eigenvalue weighted by atomic mass is 10.4. The second-order valence-corrected chi connectivity index (χ2v) is 3.19. The Labute approximate surface area is 92.2 Å². The molecular formula is C8H12ClN5O. The van der Waals surface area contributed by atoms with Crippen LogP contribution in [0.25, 0.3) is 0 Å². The number of aromatic nitrogens is 2. The van der Waals surface area contributed by atoms with Crippen molar-refractivity contribution in [2.45, 2.75) is 6.42 Å². The number of primary amides is 1. The van der Waals surface area contributed by atoms with Gasteiger partial charge in [-0.1, -0.05) is 11.6 Å². The third-order valence-electron chi connectivity index (χ3n) is 1.63. The summed E-state index contributed by atoms with van der Waals surface area (Å²) in [6.07, 6.45) is 1.71. The summed E-state index contributed by atoms with van der Waals surface area (Å²) in [5, 5.41) is 6.08. The van der Waals surface area contributed by atoms with Crippen LogP contribution >= 0.6 is 11.6 Å². The maximum Gasteiger partial charge on any atom is 0.224 e. The van der Waals surface area contributed by atoms with Crippen LogP contribution in [0.4, 0.5) is 11.8 Å². The van der Waals surface area contributed by atoms with Crippen LogP contribution in [0.15, 0.2) is 6.20 Å². The molecule has 0 aliphatic carbocycles. The molecule has 0 saturated carbocycles. The molecule has 0 atom stereocenters. The van der Waals surface area contributed by atoms with Crippen molar-refractivity contribution >= 4 is 29.3 Å². The van der Waals surface area contributed by atoms with E-state index >= 15 is 0 Å². The fourth-order valence-electron chi connectivity index (χ4n) is 0.916. The van der Waals surface area contributed by atoms with Gasteiger partial charge < -0.3 is 16.4 Å². The van der Waals surface area contributed by atoms with Gasteiger partial charge in [0.05, 0.1) is 6.20 Å². The van der Waals surface area contributed by atoms with Gasteiger partial charge in [0.15, 0.2) is 0 Å². The molecule has 0 aromatic carbocycles. The largest absolute Gasteiger partial charge is 0.370 e. The van der Waals surface area contributed by atoms with Crippen LogP contribution in [0.2, 0.25) is 5.02 Å². The standard InChI is InChI=1S/C8H12ClN5O/c1-11-8-13-4-5(9)7(14-8)12-3-2-6(10)15/h4H,2-3H2,1H3,(H2,10,15)(H2,11,12,13,14). The summed E-state index contributed by atoms with van der Waals surface area (Å²) in [4.78, 5) is 18.5. The van der Waals surface area contributed by atoms with Crippen molar-refractivity contribution in [3.63, 3.8) is 0 Å². The number of amides is 1. The minimum absolute atomic E-state index is 0.231. The molecule has 0 aliphatic rings. The second-order valence-electron chi connectivity index (χ2n) is 2.78. The van der Waals surface area contributed by atoms with E-state index in [-0.39, 0.29) is 12.3 Å². The molecule has 1 aromatic heterocycles. The predicted octanol–water partition coefficient (Wildman–Crippen LogP) is 0.459. The lowest BCUT2D eigenvalue weighted by Gasteiger charge is -2.07. The van der Waals surface area contributed by atoms with Crippen LogP contribution in [-0.2, 0) is 4.79 Å². The Kier molecular flexibility index (Phi) is 4.11. The van der Waals surface area contributed by atoms with Gasteiger partial charge in [-0.05, 0) is 0 Å². The number of hydrogen-bond donors (Lipinski definition) is 3. The fourth-order valence-corrected chi connectivity index (χ4v) is 1.07. The molecule has 1 aromatic rings. The van der Waals surface area contributed by atoms with Crippen molar-refractivity contribution in [2.24, 2.45) is 5.73 Å². The van der Waals surface area contributed by atoms with E-state index in [0.717, 1.165) is 0 Å². The van der Waals surface area contributed by atoms with Gasteiger partial charge >= 0.3 is 0 Å². The monoisotopic (exact) mass is 229 g/mol. The van der Waals surface area contributed by atoms with Gasteiger partial charge in [0.2, 0.25) is 11.9 Å². The van der Waals surface area contributed by atoms with Gasteiger partial charge in [0, 0.05) is 20.0 Å². The van der Waals surface area contributed by atoms with Gasteiger partial charge in [-0.2, -0.15) is 4.98 Å². The molecule has 1 rings (SSSR count). The SMILES string of the molecule is CNc1ncc(Cl)c(NCCC(N)=O)n1. The van der Waals surface area contributed by atoms with Crippen molar-refractivity contribution in [1.29, 1.82) is 0 Å². The molecule has 6 nitrogen and oxygen atoms in total. The Morgan fingerprint density at radius 3 is 3.00 bits per heavy atom. The third kappa shape index (κ3) is 3.59. The number of carbonyl (C=O) groups excluding carboxylic acids is 1. The van der Waals surface area contributed by atoms with Crippen molar-refractivity contribution in [3.8, 4) is 0 Å². The Morgan fingerprint density at radius 2 is 2.40 bits per heavy atom. The van der Waals surface area contributed by atoms with Crippen molar-refractivity contribution < 1.29 is 4.79 Å². The first kappa shape index (κ1) is 11.5. The van der Waals surface area contributed by atoms with E-state index in [0.29, 0.717) is 23.3 Å². The summed E-state index contributed by atoms with van der Waals surface area (Å²) < 4.78 is 0. The molecule has 0 fully saturated rings. The van der Waals surface area contributed by atoms with E-state index < -0.39 is 0 Å². The number of halogens is 1. The molecular weight excluding hydrogens is 218 g/mol. The van der Waals surface area contributed by atoms with E-state index in [4.69, 9.17) is 17.3 Å². The Morgan fingerprint density at radius 1 is 1.67 bits per heavy atom. The van der Waals surface area contributed by atoms with Gasteiger partial charge in [0.25, 0.3) is 0 Å².